The summed E-state index contributed by atoms with van der Waals surface area (Å²) in [4.78, 5) is 38.0. The molecule has 1 heterocycles. The fourth-order valence-corrected chi connectivity index (χ4v) is 3.76. The maximum atomic E-state index is 13.4. The Bertz CT molecular complexity index is 1150. The lowest BCUT2D eigenvalue weighted by Crippen LogP contribution is -2.39. The highest BCUT2D eigenvalue weighted by molar-refractivity contribution is 6.30. The first-order chi connectivity index (χ1) is 14.4. The maximum Gasteiger partial charge on any atom is 0.270 e. The summed E-state index contributed by atoms with van der Waals surface area (Å²) in [6, 6.07) is 19.2. The molecule has 1 N–H and O–H groups in total. The van der Waals surface area contributed by atoms with Crippen LogP contribution < -0.4 is 5.32 Å². The van der Waals surface area contributed by atoms with Crippen LogP contribution in [0.2, 0.25) is 5.02 Å². The van der Waals surface area contributed by atoms with Crippen LogP contribution in [-0.2, 0) is 4.79 Å². The number of halogens is 1. The Labute approximate surface area is 177 Å². The molecule has 30 heavy (non-hydrogen) atoms. The largest absolute Gasteiger partial charge is 0.324 e. The van der Waals surface area contributed by atoms with Gasteiger partial charge in [0, 0.05) is 34.0 Å². The number of anilines is 1. The molecule has 0 fully saturated rings. The van der Waals surface area contributed by atoms with Crippen molar-refractivity contribution < 1.29 is 14.5 Å². The van der Waals surface area contributed by atoms with Gasteiger partial charge in [-0.25, -0.2) is 0 Å². The fourth-order valence-electron chi connectivity index (χ4n) is 3.58. The van der Waals surface area contributed by atoms with Crippen LogP contribution in [0.1, 0.15) is 27.5 Å². The number of hydrogen-bond donors (Lipinski definition) is 1. The van der Waals surface area contributed by atoms with Gasteiger partial charge in [-0.05, 0) is 29.8 Å². The van der Waals surface area contributed by atoms with Crippen molar-refractivity contribution in [3.05, 3.63) is 105 Å². The number of carbonyl (C=O) groups is 2. The molecule has 0 spiro atoms. The molecule has 0 bridgehead atoms. The zero-order valence-electron chi connectivity index (χ0n) is 15.6. The number of nitrogens with zero attached hydrogens (tertiary/aromatic N) is 2. The maximum absolute atomic E-state index is 13.4. The Hall–Kier alpha value is -3.71. The lowest BCUT2D eigenvalue weighted by molar-refractivity contribution is -0.384. The molecule has 3 aromatic carbocycles. The molecule has 7 nitrogen and oxygen atoms in total. The molecular weight excluding hydrogens is 406 g/mol. The minimum atomic E-state index is -0.606. The van der Waals surface area contributed by atoms with Crippen LogP contribution in [0.5, 0.6) is 0 Å². The number of nitrogens with one attached hydrogen (secondary N) is 1. The van der Waals surface area contributed by atoms with Crippen molar-refractivity contribution in [1.29, 1.82) is 0 Å². The molecule has 0 saturated carbocycles. The number of hydrogen-bond acceptors (Lipinski definition) is 4. The quantitative estimate of drug-likeness (QED) is 0.500. The summed E-state index contributed by atoms with van der Waals surface area (Å²) < 4.78 is 0. The van der Waals surface area contributed by atoms with Gasteiger partial charge in [0.1, 0.15) is 6.54 Å². The van der Waals surface area contributed by atoms with Gasteiger partial charge < -0.3 is 10.2 Å². The zero-order valence-corrected chi connectivity index (χ0v) is 16.4. The second kappa shape index (κ2) is 7.96. The van der Waals surface area contributed by atoms with Crippen molar-refractivity contribution in [2.24, 2.45) is 0 Å². The fraction of sp³-hybridized carbons (Fsp3) is 0.0909. The molecule has 150 valence electrons. The molecule has 1 atom stereocenters. The predicted molar refractivity (Wildman–Crippen MR) is 112 cm³/mol. The Balaban J connectivity index is 1.87. The van der Waals surface area contributed by atoms with Crippen molar-refractivity contribution in [1.82, 2.24) is 4.90 Å². The second-order valence-corrected chi connectivity index (χ2v) is 7.27. The number of amides is 2. The lowest BCUT2D eigenvalue weighted by Gasteiger charge is -2.30. The van der Waals surface area contributed by atoms with Crippen LogP contribution in [0, 0.1) is 10.1 Å². The molecule has 0 saturated heterocycles. The van der Waals surface area contributed by atoms with Crippen molar-refractivity contribution in [3.8, 4) is 0 Å². The van der Waals surface area contributed by atoms with Crippen LogP contribution in [0.4, 0.5) is 11.4 Å². The van der Waals surface area contributed by atoms with Crippen LogP contribution in [-0.4, -0.2) is 28.2 Å². The number of fused-ring (bicyclic) bond motifs is 1. The minimum absolute atomic E-state index is 0.128. The first-order valence-corrected chi connectivity index (χ1v) is 9.51. The van der Waals surface area contributed by atoms with E-state index < -0.39 is 16.9 Å². The highest BCUT2D eigenvalue weighted by Gasteiger charge is 2.34. The summed E-state index contributed by atoms with van der Waals surface area (Å²) in [5, 5.41) is 14.4. The average molecular weight is 422 g/mol. The monoisotopic (exact) mass is 421 g/mol. The molecule has 1 aliphatic rings. The van der Waals surface area contributed by atoms with Crippen molar-refractivity contribution in [2.75, 3.05) is 11.9 Å². The Kier molecular flexibility index (Phi) is 5.20. The third-order valence-electron chi connectivity index (χ3n) is 4.89. The molecule has 4 rings (SSSR count). The topological polar surface area (TPSA) is 92.5 Å². The van der Waals surface area contributed by atoms with Crippen LogP contribution in [0.25, 0.3) is 0 Å². The van der Waals surface area contributed by atoms with Gasteiger partial charge >= 0.3 is 0 Å². The van der Waals surface area contributed by atoms with Crippen LogP contribution in [0.15, 0.2) is 72.8 Å². The average Bonchev–Trinajstić information content (AvgIpc) is 2.89. The smallest absolute Gasteiger partial charge is 0.270 e. The number of nitro groups is 1. The highest BCUT2D eigenvalue weighted by Crippen LogP contribution is 2.38. The number of carbonyl (C=O) groups excluding carboxylic acids is 2. The van der Waals surface area contributed by atoms with Gasteiger partial charge in [0.15, 0.2) is 0 Å². The van der Waals surface area contributed by atoms with Gasteiger partial charge in [-0.1, -0.05) is 48.0 Å². The van der Waals surface area contributed by atoms with E-state index in [-0.39, 0.29) is 23.7 Å². The van der Waals surface area contributed by atoms with Crippen molar-refractivity contribution in [2.45, 2.75) is 6.04 Å². The van der Waals surface area contributed by atoms with E-state index in [1.807, 2.05) is 30.3 Å². The Morgan fingerprint density at radius 2 is 1.83 bits per heavy atom. The van der Waals surface area contributed by atoms with Gasteiger partial charge in [0.25, 0.3) is 11.6 Å². The standard InChI is InChI=1S/C22H16ClN3O4/c23-16-9-10-19-18(12-16)21(14-5-2-1-3-6-14)25(13-20(27)24-19)22(28)15-7-4-8-17(11-15)26(29)30/h1-12,21H,13H2,(H,24,27)/t21-/m1/s1. The van der Waals surface area contributed by atoms with E-state index in [1.165, 1.54) is 29.2 Å². The van der Waals surface area contributed by atoms with Gasteiger partial charge in [-0.2, -0.15) is 0 Å². The summed E-state index contributed by atoms with van der Waals surface area (Å²) in [5.74, 6) is -0.855. The van der Waals surface area contributed by atoms with E-state index in [2.05, 4.69) is 5.32 Å². The SMILES string of the molecule is O=C1CN(C(=O)c2cccc([N+](=O)[O-])c2)[C@H](c2ccccc2)c2cc(Cl)ccc2N1. The molecular formula is C22H16ClN3O4. The van der Waals surface area contributed by atoms with E-state index in [0.29, 0.717) is 16.3 Å². The van der Waals surface area contributed by atoms with E-state index in [0.717, 1.165) is 5.56 Å². The van der Waals surface area contributed by atoms with Crippen LogP contribution in [0.3, 0.4) is 0 Å². The van der Waals surface area contributed by atoms with Gasteiger partial charge in [0.2, 0.25) is 5.91 Å². The third-order valence-corrected chi connectivity index (χ3v) is 5.12. The number of nitro benzene ring substituents is 1. The molecule has 8 heteroatoms. The van der Waals surface area contributed by atoms with Crippen molar-refractivity contribution >= 4 is 34.8 Å². The highest BCUT2D eigenvalue weighted by atomic mass is 35.5. The summed E-state index contributed by atoms with van der Waals surface area (Å²) in [7, 11) is 0. The molecule has 0 unspecified atom stereocenters. The molecule has 0 radical (unpaired) electrons. The number of rotatable bonds is 3. The summed E-state index contributed by atoms with van der Waals surface area (Å²) in [6.45, 7) is -0.215. The number of non-ortho nitro benzene ring substituents is 1. The normalized spacial score (nSPS) is 15.7. The second-order valence-electron chi connectivity index (χ2n) is 6.83. The predicted octanol–water partition coefficient (Wildman–Crippen LogP) is 4.43. The molecule has 3 aromatic rings. The first-order valence-electron chi connectivity index (χ1n) is 9.14. The van der Waals surface area contributed by atoms with Gasteiger partial charge in [-0.3, -0.25) is 19.7 Å². The van der Waals surface area contributed by atoms with Gasteiger partial charge in [-0.15, -0.1) is 0 Å². The van der Waals surface area contributed by atoms with E-state index in [9.17, 15) is 19.7 Å². The van der Waals surface area contributed by atoms with Crippen molar-refractivity contribution in [3.63, 3.8) is 0 Å². The van der Waals surface area contributed by atoms with Gasteiger partial charge in [0.05, 0.1) is 11.0 Å². The Morgan fingerprint density at radius 1 is 1.07 bits per heavy atom. The lowest BCUT2D eigenvalue weighted by atomic mass is 9.95. The molecule has 0 aromatic heterocycles. The summed E-state index contributed by atoms with van der Waals surface area (Å²) in [6.07, 6.45) is 0. The van der Waals surface area contributed by atoms with Crippen LogP contribution >= 0.6 is 11.6 Å². The molecule has 1 aliphatic heterocycles. The first kappa shape index (κ1) is 19.6. The van der Waals surface area contributed by atoms with E-state index in [1.54, 1.807) is 18.2 Å². The minimum Gasteiger partial charge on any atom is -0.324 e. The summed E-state index contributed by atoms with van der Waals surface area (Å²) in [5.41, 5.74) is 1.95. The molecule has 0 aliphatic carbocycles. The molecule has 2 amide bonds. The summed E-state index contributed by atoms with van der Waals surface area (Å²) >= 11 is 6.23. The zero-order chi connectivity index (χ0) is 21.3. The Morgan fingerprint density at radius 3 is 2.57 bits per heavy atom. The van der Waals surface area contributed by atoms with E-state index >= 15 is 0 Å². The third kappa shape index (κ3) is 3.75. The number of benzene rings is 3. The van der Waals surface area contributed by atoms with E-state index in [4.69, 9.17) is 11.6 Å².